The molecule has 1 rings (SSSR count). The Kier molecular flexibility index (Phi) is 5.14. The second-order valence-electron chi connectivity index (χ2n) is 6.49. The Morgan fingerprint density at radius 2 is 2.06 bits per heavy atom. The van der Waals surface area contributed by atoms with Gasteiger partial charge in [0.15, 0.2) is 0 Å². The zero-order valence-corrected chi connectivity index (χ0v) is 11.7. The van der Waals surface area contributed by atoms with Crippen LogP contribution in [0.2, 0.25) is 0 Å². The Balaban J connectivity index is 2.55. The van der Waals surface area contributed by atoms with Gasteiger partial charge in [-0.05, 0) is 31.2 Å². The highest BCUT2D eigenvalue weighted by Gasteiger charge is 2.35. The van der Waals surface area contributed by atoms with Crippen LogP contribution in [0.25, 0.3) is 0 Å². The van der Waals surface area contributed by atoms with Gasteiger partial charge in [-0.15, -0.1) is 0 Å². The SMILES string of the molecule is CN(CCO)CC1CC(C(C)(C)C)CCC1=O. The number of likely N-dealkylation sites (N-methyl/N-ethyl adjacent to an activating group) is 1. The number of aliphatic hydroxyl groups is 1. The van der Waals surface area contributed by atoms with Crippen LogP contribution in [0.15, 0.2) is 0 Å². The fraction of sp³-hybridized carbons (Fsp3) is 0.929. The van der Waals surface area contributed by atoms with Crippen molar-refractivity contribution in [1.29, 1.82) is 0 Å². The summed E-state index contributed by atoms with van der Waals surface area (Å²) in [5, 5.41) is 8.89. The number of ketones is 1. The quantitative estimate of drug-likeness (QED) is 0.818. The maximum absolute atomic E-state index is 11.9. The van der Waals surface area contributed by atoms with E-state index in [1.165, 1.54) is 0 Å². The first-order valence-electron chi connectivity index (χ1n) is 6.66. The maximum atomic E-state index is 11.9. The largest absolute Gasteiger partial charge is 0.395 e. The van der Waals surface area contributed by atoms with Gasteiger partial charge in [-0.3, -0.25) is 4.79 Å². The molecule has 2 unspecified atom stereocenters. The van der Waals surface area contributed by atoms with Crippen LogP contribution in [0, 0.1) is 17.3 Å². The molecule has 0 heterocycles. The molecule has 17 heavy (non-hydrogen) atoms. The van der Waals surface area contributed by atoms with Crippen molar-refractivity contribution >= 4 is 5.78 Å². The molecule has 0 aliphatic heterocycles. The Labute approximate surface area is 105 Å². The first-order valence-corrected chi connectivity index (χ1v) is 6.66. The fourth-order valence-electron chi connectivity index (χ4n) is 2.71. The Morgan fingerprint density at radius 3 is 2.59 bits per heavy atom. The second-order valence-corrected chi connectivity index (χ2v) is 6.49. The summed E-state index contributed by atoms with van der Waals surface area (Å²) in [6.07, 6.45) is 2.79. The number of carbonyl (C=O) groups is 1. The van der Waals surface area contributed by atoms with Gasteiger partial charge < -0.3 is 10.0 Å². The summed E-state index contributed by atoms with van der Waals surface area (Å²) in [7, 11) is 1.98. The normalized spacial score (nSPS) is 26.6. The molecule has 100 valence electrons. The summed E-state index contributed by atoms with van der Waals surface area (Å²) in [5.41, 5.74) is 0.300. The van der Waals surface area contributed by atoms with Gasteiger partial charge in [-0.1, -0.05) is 20.8 Å². The molecule has 0 amide bonds. The predicted molar refractivity (Wildman–Crippen MR) is 69.9 cm³/mol. The van der Waals surface area contributed by atoms with E-state index in [2.05, 4.69) is 25.7 Å². The minimum Gasteiger partial charge on any atom is -0.395 e. The number of aliphatic hydroxyl groups excluding tert-OH is 1. The van der Waals surface area contributed by atoms with Gasteiger partial charge in [0.25, 0.3) is 0 Å². The van der Waals surface area contributed by atoms with E-state index in [0.717, 1.165) is 25.8 Å². The first kappa shape index (κ1) is 14.7. The number of hydrogen-bond donors (Lipinski definition) is 1. The zero-order valence-electron chi connectivity index (χ0n) is 11.7. The van der Waals surface area contributed by atoms with Gasteiger partial charge in [0.2, 0.25) is 0 Å². The standard InChI is InChI=1S/C14H27NO2/c1-14(2,3)12-5-6-13(17)11(9-12)10-15(4)7-8-16/h11-12,16H,5-10H2,1-4H3. The van der Waals surface area contributed by atoms with Crippen molar-refractivity contribution in [3.63, 3.8) is 0 Å². The van der Waals surface area contributed by atoms with Gasteiger partial charge in [0, 0.05) is 25.4 Å². The summed E-state index contributed by atoms with van der Waals surface area (Å²) in [6.45, 7) is 8.42. The van der Waals surface area contributed by atoms with Crippen molar-refractivity contribution in [2.75, 3.05) is 26.7 Å². The topological polar surface area (TPSA) is 40.5 Å². The highest BCUT2D eigenvalue weighted by atomic mass is 16.3. The van der Waals surface area contributed by atoms with E-state index in [9.17, 15) is 4.79 Å². The van der Waals surface area contributed by atoms with Crippen molar-refractivity contribution in [2.45, 2.75) is 40.0 Å². The van der Waals surface area contributed by atoms with Crippen molar-refractivity contribution in [1.82, 2.24) is 4.90 Å². The molecule has 3 heteroatoms. The molecule has 0 spiro atoms. The Bertz CT molecular complexity index is 257. The lowest BCUT2D eigenvalue weighted by molar-refractivity contribution is -0.127. The van der Waals surface area contributed by atoms with Gasteiger partial charge in [-0.2, -0.15) is 0 Å². The van der Waals surface area contributed by atoms with Crippen LogP contribution in [0.3, 0.4) is 0 Å². The minimum atomic E-state index is 0.167. The monoisotopic (exact) mass is 241 g/mol. The number of Topliss-reactive ketones (excluding diaryl/α,β-unsaturated/α-hetero) is 1. The molecule has 2 atom stereocenters. The molecule has 1 fully saturated rings. The van der Waals surface area contributed by atoms with E-state index in [1.54, 1.807) is 0 Å². The highest BCUT2D eigenvalue weighted by molar-refractivity contribution is 5.82. The van der Waals surface area contributed by atoms with Crippen LogP contribution in [0.4, 0.5) is 0 Å². The van der Waals surface area contributed by atoms with Gasteiger partial charge >= 0.3 is 0 Å². The van der Waals surface area contributed by atoms with E-state index in [-0.39, 0.29) is 12.5 Å². The number of carbonyl (C=O) groups excluding carboxylic acids is 1. The van der Waals surface area contributed by atoms with Gasteiger partial charge in [0.1, 0.15) is 5.78 Å². The number of nitrogens with zero attached hydrogens (tertiary/aromatic N) is 1. The zero-order chi connectivity index (χ0) is 13.1. The number of hydrogen-bond acceptors (Lipinski definition) is 3. The molecule has 0 bridgehead atoms. The lowest BCUT2D eigenvalue weighted by Gasteiger charge is -2.38. The van der Waals surface area contributed by atoms with Crippen LogP contribution < -0.4 is 0 Å². The average molecular weight is 241 g/mol. The summed E-state index contributed by atoms with van der Waals surface area (Å²) >= 11 is 0. The fourth-order valence-corrected chi connectivity index (χ4v) is 2.71. The molecular weight excluding hydrogens is 214 g/mol. The third-order valence-electron chi connectivity index (χ3n) is 4.00. The third kappa shape index (κ3) is 4.40. The molecule has 0 aromatic rings. The molecule has 1 aliphatic carbocycles. The van der Waals surface area contributed by atoms with Crippen molar-refractivity contribution in [3.05, 3.63) is 0 Å². The summed E-state index contributed by atoms with van der Waals surface area (Å²) in [4.78, 5) is 14.0. The smallest absolute Gasteiger partial charge is 0.137 e. The minimum absolute atomic E-state index is 0.167. The predicted octanol–water partition coefficient (Wildman–Crippen LogP) is 1.94. The first-order chi connectivity index (χ1) is 7.84. The van der Waals surface area contributed by atoms with Crippen LogP contribution >= 0.6 is 0 Å². The van der Waals surface area contributed by atoms with Crippen LogP contribution in [0.1, 0.15) is 40.0 Å². The summed E-state index contributed by atoms with van der Waals surface area (Å²) in [6, 6.07) is 0. The number of rotatable bonds is 4. The van der Waals surface area contributed by atoms with Crippen molar-refractivity contribution < 1.29 is 9.90 Å². The third-order valence-corrected chi connectivity index (χ3v) is 4.00. The van der Waals surface area contributed by atoms with E-state index in [1.807, 2.05) is 7.05 Å². The van der Waals surface area contributed by atoms with E-state index < -0.39 is 0 Å². The average Bonchev–Trinajstić information content (AvgIpc) is 2.20. The second kappa shape index (κ2) is 5.96. The molecule has 0 aromatic carbocycles. The van der Waals surface area contributed by atoms with E-state index in [4.69, 9.17) is 5.11 Å². The molecule has 0 saturated heterocycles. The van der Waals surface area contributed by atoms with Crippen LogP contribution in [-0.2, 0) is 4.79 Å². The summed E-state index contributed by atoms with van der Waals surface area (Å²) < 4.78 is 0. The molecule has 0 aromatic heterocycles. The molecule has 1 N–H and O–H groups in total. The highest BCUT2D eigenvalue weighted by Crippen LogP contribution is 2.39. The molecule has 0 radical (unpaired) electrons. The molecule has 1 saturated carbocycles. The van der Waals surface area contributed by atoms with Gasteiger partial charge in [-0.25, -0.2) is 0 Å². The molecular formula is C14H27NO2. The lowest BCUT2D eigenvalue weighted by atomic mass is 9.68. The Hall–Kier alpha value is -0.410. The summed E-state index contributed by atoms with van der Waals surface area (Å²) in [5.74, 6) is 1.23. The Morgan fingerprint density at radius 1 is 1.41 bits per heavy atom. The van der Waals surface area contributed by atoms with E-state index in [0.29, 0.717) is 23.7 Å². The van der Waals surface area contributed by atoms with Crippen molar-refractivity contribution in [2.24, 2.45) is 17.3 Å². The molecule has 1 aliphatic rings. The lowest BCUT2D eigenvalue weighted by Crippen LogP contribution is -2.38. The van der Waals surface area contributed by atoms with Crippen LogP contribution in [0.5, 0.6) is 0 Å². The van der Waals surface area contributed by atoms with Crippen LogP contribution in [-0.4, -0.2) is 42.5 Å². The molecule has 3 nitrogen and oxygen atoms in total. The van der Waals surface area contributed by atoms with Gasteiger partial charge in [0.05, 0.1) is 6.61 Å². The van der Waals surface area contributed by atoms with Crippen molar-refractivity contribution in [3.8, 4) is 0 Å². The van der Waals surface area contributed by atoms with E-state index >= 15 is 0 Å². The maximum Gasteiger partial charge on any atom is 0.137 e.